The van der Waals surface area contributed by atoms with E-state index in [2.05, 4.69) is 42.2 Å². The quantitative estimate of drug-likeness (QED) is 0.870. The maximum Gasteiger partial charge on any atom is 0.125 e. The van der Waals surface area contributed by atoms with Crippen molar-refractivity contribution in [1.29, 1.82) is 0 Å². The SMILES string of the molecule is CCNCc1cc(F)cc(N(C)CC2CCN(C)CC2)c1. The molecule has 21 heavy (non-hydrogen) atoms. The fraction of sp³-hybridized carbons (Fsp3) is 0.647. The van der Waals surface area contributed by atoms with Crippen LogP contribution in [0.25, 0.3) is 0 Å². The molecule has 1 fully saturated rings. The van der Waals surface area contributed by atoms with Gasteiger partial charge < -0.3 is 15.1 Å². The van der Waals surface area contributed by atoms with Crippen LogP contribution >= 0.6 is 0 Å². The van der Waals surface area contributed by atoms with Gasteiger partial charge in [0, 0.05) is 25.8 Å². The summed E-state index contributed by atoms with van der Waals surface area (Å²) in [7, 11) is 4.25. The maximum atomic E-state index is 13.8. The Morgan fingerprint density at radius 1 is 1.29 bits per heavy atom. The first-order valence-electron chi connectivity index (χ1n) is 7.98. The first-order valence-corrected chi connectivity index (χ1v) is 7.98. The van der Waals surface area contributed by atoms with Gasteiger partial charge in [-0.25, -0.2) is 4.39 Å². The third kappa shape index (κ3) is 4.97. The van der Waals surface area contributed by atoms with Crippen molar-refractivity contribution in [2.24, 2.45) is 5.92 Å². The molecule has 2 rings (SSSR count). The molecular formula is C17H28FN3. The number of anilines is 1. The Bertz CT molecular complexity index is 442. The van der Waals surface area contributed by atoms with Crippen molar-refractivity contribution in [2.45, 2.75) is 26.3 Å². The van der Waals surface area contributed by atoms with Crippen molar-refractivity contribution < 1.29 is 4.39 Å². The van der Waals surface area contributed by atoms with Crippen LogP contribution in [0, 0.1) is 11.7 Å². The van der Waals surface area contributed by atoms with Crippen LogP contribution in [-0.4, -0.2) is 45.2 Å². The molecular weight excluding hydrogens is 265 g/mol. The predicted octanol–water partition coefficient (Wildman–Crippen LogP) is 2.71. The van der Waals surface area contributed by atoms with Crippen LogP contribution in [0.4, 0.5) is 10.1 Å². The van der Waals surface area contributed by atoms with Gasteiger partial charge in [-0.15, -0.1) is 0 Å². The second-order valence-electron chi connectivity index (χ2n) is 6.23. The van der Waals surface area contributed by atoms with Crippen LogP contribution in [0.1, 0.15) is 25.3 Å². The lowest BCUT2D eigenvalue weighted by molar-refractivity contribution is 0.222. The minimum absolute atomic E-state index is 0.143. The zero-order valence-corrected chi connectivity index (χ0v) is 13.5. The van der Waals surface area contributed by atoms with Crippen LogP contribution in [0.5, 0.6) is 0 Å². The predicted molar refractivity (Wildman–Crippen MR) is 87.3 cm³/mol. The summed E-state index contributed by atoms with van der Waals surface area (Å²) in [5, 5.41) is 3.25. The van der Waals surface area contributed by atoms with E-state index in [-0.39, 0.29) is 5.82 Å². The molecule has 3 nitrogen and oxygen atoms in total. The van der Waals surface area contributed by atoms with Gasteiger partial charge in [-0.3, -0.25) is 0 Å². The Morgan fingerprint density at radius 2 is 2.00 bits per heavy atom. The van der Waals surface area contributed by atoms with Crippen molar-refractivity contribution in [3.05, 3.63) is 29.6 Å². The molecule has 1 aromatic carbocycles. The zero-order chi connectivity index (χ0) is 15.2. The molecule has 0 amide bonds. The number of hydrogen-bond donors (Lipinski definition) is 1. The number of rotatable bonds is 6. The van der Waals surface area contributed by atoms with Gasteiger partial charge in [0.15, 0.2) is 0 Å². The Kier molecular flexibility index (Phi) is 6.00. The second-order valence-corrected chi connectivity index (χ2v) is 6.23. The monoisotopic (exact) mass is 293 g/mol. The summed E-state index contributed by atoms with van der Waals surface area (Å²) in [5.74, 6) is 0.572. The van der Waals surface area contributed by atoms with Crippen molar-refractivity contribution in [3.63, 3.8) is 0 Å². The van der Waals surface area contributed by atoms with Gasteiger partial charge in [-0.2, -0.15) is 0 Å². The lowest BCUT2D eigenvalue weighted by Crippen LogP contribution is -2.35. The number of halogens is 1. The summed E-state index contributed by atoms with van der Waals surface area (Å²) >= 11 is 0. The smallest absolute Gasteiger partial charge is 0.125 e. The molecule has 0 spiro atoms. The van der Waals surface area contributed by atoms with Gasteiger partial charge in [0.2, 0.25) is 0 Å². The molecule has 1 aliphatic heterocycles. The van der Waals surface area contributed by atoms with Crippen LogP contribution in [0.3, 0.4) is 0 Å². The summed E-state index contributed by atoms with van der Waals surface area (Å²) in [6.07, 6.45) is 2.47. The summed E-state index contributed by atoms with van der Waals surface area (Å²) in [4.78, 5) is 4.59. The highest BCUT2D eigenvalue weighted by Gasteiger charge is 2.18. The van der Waals surface area contributed by atoms with Crippen molar-refractivity contribution in [1.82, 2.24) is 10.2 Å². The molecule has 1 aromatic rings. The third-order valence-corrected chi connectivity index (χ3v) is 4.33. The van der Waals surface area contributed by atoms with E-state index in [1.54, 1.807) is 12.1 Å². The Morgan fingerprint density at radius 3 is 2.67 bits per heavy atom. The van der Waals surface area contributed by atoms with Crippen LogP contribution in [-0.2, 0) is 6.54 Å². The zero-order valence-electron chi connectivity index (χ0n) is 13.5. The first kappa shape index (κ1) is 16.2. The molecule has 1 heterocycles. The lowest BCUT2D eigenvalue weighted by Gasteiger charge is -2.32. The molecule has 0 aliphatic carbocycles. The average molecular weight is 293 g/mol. The Hall–Kier alpha value is -1.13. The van der Waals surface area contributed by atoms with E-state index >= 15 is 0 Å². The summed E-state index contributed by atoms with van der Waals surface area (Å²) in [6, 6.07) is 5.36. The molecule has 0 aromatic heterocycles. The molecule has 0 saturated carbocycles. The molecule has 0 atom stereocenters. The van der Waals surface area contributed by atoms with Gasteiger partial charge in [-0.1, -0.05) is 6.92 Å². The third-order valence-electron chi connectivity index (χ3n) is 4.33. The van der Waals surface area contributed by atoms with Crippen LogP contribution in [0.15, 0.2) is 18.2 Å². The Balaban J connectivity index is 1.97. The number of nitrogens with zero attached hydrogens (tertiary/aromatic N) is 2. The topological polar surface area (TPSA) is 18.5 Å². The fourth-order valence-corrected chi connectivity index (χ4v) is 2.96. The molecule has 0 unspecified atom stereocenters. The van der Waals surface area contributed by atoms with E-state index in [0.717, 1.165) is 30.9 Å². The van der Waals surface area contributed by atoms with E-state index in [1.165, 1.54) is 25.9 Å². The van der Waals surface area contributed by atoms with Gasteiger partial charge in [0.1, 0.15) is 5.82 Å². The van der Waals surface area contributed by atoms with Crippen molar-refractivity contribution >= 4 is 5.69 Å². The molecule has 1 saturated heterocycles. The van der Waals surface area contributed by atoms with E-state index in [9.17, 15) is 4.39 Å². The van der Waals surface area contributed by atoms with Crippen molar-refractivity contribution in [3.8, 4) is 0 Å². The van der Waals surface area contributed by atoms with Gasteiger partial charge in [0.25, 0.3) is 0 Å². The lowest BCUT2D eigenvalue weighted by atomic mass is 9.96. The van der Waals surface area contributed by atoms with Gasteiger partial charge in [-0.05, 0) is 69.2 Å². The van der Waals surface area contributed by atoms with Gasteiger partial charge in [0.05, 0.1) is 0 Å². The number of nitrogens with one attached hydrogen (secondary N) is 1. The molecule has 4 heteroatoms. The summed E-state index contributed by atoms with van der Waals surface area (Å²) < 4.78 is 13.8. The molecule has 0 radical (unpaired) electrons. The van der Waals surface area contributed by atoms with Crippen LogP contribution in [0.2, 0.25) is 0 Å². The molecule has 0 bridgehead atoms. The van der Waals surface area contributed by atoms with E-state index < -0.39 is 0 Å². The van der Waals surface area contributed by atoms with Crippen LogP contribution < -0.4 is 10.2 Å². The van der Waals surface area contributed by atoms with E-state index in [0.29, 0.717) is 5.92 Å². The Labute approximate surface area is 128 Å². The number of benzene rings is 1. The van der Waals surface area contributed by atoms with E-state index in [1.807, 2.05) is 0 Å². The standard InChI is InChI=1S/C17H28FN3/c1-4-19-12-15-9-16(18)11-17(10-15)21(3)13-14-5-7-20(2)8-6-14/h9-11,14,19H,4-8,12-13H2,1-3H3. The fourth-order valence-electron chi connectivity index (χ4n) is 2.96. The first-order chi connectivity index (χ1) is 10.1. The molecule has 1 aliphatic rings. The molecule has 1 N–H and O–H groups in total. The maximum absolute atomic E-state index is 13.8. The van der Waals surface area contributed by atoms with E-state index in [4.69, 9.17) is 0 Å². The second kappa shape index (κ2) is 7.76. The average Bonchev–Trinajstić information content (AvgIpc) is 2.47. The highest BCUT2D eigenvalue weighted by molar-refractivity contribution is 5.48. The summed E-state index contributed by atoms with van der Waals surface area (Å²) in [5.41, 5.74) is 2.00. The van der Waals surface area contributed by atoms with Crippen molar-refractivity contribution in [2.75, 3.05) is 45.2 Å². The minimum atomic E-state index is -0.143. The molecule has 118 valence electrons. The number of likely N-dealkylation sites (tertiary alicyclic amines) is 1. The van der Waals surface area contributed by atoms with Gasteiger partial charge >= 0.3 is 0 Å². The number of piperidine rings is 1. The highest BCUT2D eigenvalue weighted by Crippen LogP contribution is 2.22. The largest absolute Gasteiger partial charge is 0.374 e. The highest BCUT2D eigenvalue weighted by atomic mass is 19.1. The summed E-state index contributed by atoms with van der Waals surface area (Å²) in [6.45, 7) is 7.05. The number of hydrogen-bond acceptors (Lipinski definition) is 3. The minimum Gasteiger partial charge on any atom is -0.374 e. The normalized spacial score (nSPS) is 17.1.